The van der Waals surface area contributed by atoms with E-state index in [4.69, 9.17) is 5.41 Å². The maximum absolute atomic E-state index is 11.9. The van der Waals surface area contributed by atoms with Crippen LogP contribution in [-0.2, 0) is 20.0 Å². The van der Waals surface area contributed by atoms with Crippen LogP contribution in [0.5, 0.6) is 0 Å². The molecule has 0 saturated carbocycles. The molecule has 0 fully saturated rings. The maximum atomic E-state index is 11.9. The first-order valence-corrected chi connectivity index (χ1v) is 13.6. The van der Waals surface area contributed by atoms with Crippen molar-refractivity contribution in [1.82, 2.24) is 4.90 Å². The highest BCUT2D eigenvalue weighted by atomic mass is 32.3. The number of nitrogens with zero attached hydrogens (tertiary/aromatic N) is 3. The normalized spacial score (nSPS) is 16.5. The van der Waals surface area contributed by atoms with Gasteiger partial charge in [-0.15, -0.1) is 0 Å². The van der Waals surface area contributed by atoms with Crippen LogP contribution in [0.2, 0.25) is 0 Å². The minimum atomic E-state index is -3.98. The molecule has 2 heterocycles. The fourth-order valence-corrected chi connectivity index (χ4v) is 7.50. The summed E-state index contributed by atoms with van der Waals surface area (Å²) in [5.74, 6) is 0.832. The molecule has 0 atom stereocenters. The van der Waals surface area contributed by atoms with E-state index in [0.717, 1.165) is 59.4 Å². The predicted molar refractivity (Wildman–Crippen MR) is 120 cm³/mol. The minimum Gasteiger partial charge on any atom is -0.305 e. The Labute approximate surface area is 180 Å². The predicted octanol–water partition coefficient (Wildman–Crippen LogP) is 2.57. The number of nitrogens with one attached hydrogen (secondary N) is 1. The van der Waals surface area contributed by atoms with Crippen molar-refractivity contribution < 1.29 is 16.8 Å². The molecule has 0 unspecified atom stereocenters. The van der Waals surface area contributed by atoms with Gasteiger partial charge in [0.05, 0.1) is 18.2 Å². The second-order valence-corrected chi connectivity index (χ2v) is 12.0. The molecule has 4 rings (SSSR count). The number of hydrogen-bond donors (Lipinski definition) is 1. The Bertz CT molecular complexity index is 1240. The third-order valence-electron chi connectivity index (χ3n) is 4.75. The van der Waals surface area contributed by atoms with E-state index in [9.17, 15) is 16.8 Å². The lowest BCUT2D eigenvalue weighted by Gasteiger charge is -2.34. The second kappa shape index (κ2) is 7.40. The van der Waals surface area contributed by atoms with Gasteiger partial charge in [0, 0.05) is 23.5 Å². The Balaban J connectivity index is 1.70. The van der Waals surface area contributed by atoms with Crippen LogP contribution in [0.25, 0.3) is 11.1 Å². The molecular weight excluding hydrogens is 444 g/mol. The van der Waals surface area contributed by atoms with Gasteiger partial charge in [0.15, 0.2) is 5.17 Å². The largest absolute Gasteiger partial charge is 0.305 e. The number of rotatable bonds is 4. The quantitative estimate of drug-likeness (QED) is 0.745. The van der Waals surface area contributed by atoms with Gasteiger partial charge in [0.25, 0.3) is 0 Å². The molecule has 2 aromatic carbocycles. The number of thioether (sulfide) groups is 1. The Morgan fingerprint density at radius 3 is 2.27 bits per heavy atom. The van der Waals surface area contributed by atoms with E-state index in [0.29, 0.717) is 8.88 Å². The summed E-state index contributed by atoms with van der Waals surface area (Å²) in [6, 6.07) is 12.2. The van der Waals surface area contributed by atoms with E-state index in [1.165, 1.54) is 23.9 Å². The zero-order valence-corrected chi connectivity index (χ0v) is 18.8. The summed E-state index contributed by atoms with van der Waals surface area (Å²) in [5.41, 5.74) is 2.75. The zero-order valence-electron chi connectivity index (χ0n) is 16.4. The number of fused-ring (bicyclic) bond motifs is 3. The first-order chi connectivity index (χ1) is 14.1. The molecule has 30 heavy (non-hydrogen) atoms. The van der Waals surface area contributed by atoms with Gasteiger partial charge in [-0.3, -0.25) is 10.4 Å². The summed E-state index contributed by atoms with van der Waals surface area (Å²) in [7, 11) is -7.96. The molecule has 0 aliphatic carbocycles. The molecular formula is C19H20N4O4S3. The van der Waals surface area contributed by atoms with Crippen molar-refractivity contribution in [2.45, 2.75) is 11.3 Å². The number of hydrogen-bond acceptors (Lipinski definition) is 7. The summed E-state index contributed by atoms with van der Waals surface area (Å²) in [4.78, 5) is 7.46. The van der Waals surface area contributed by atoms with Gasteiger partial charge < -0.3 is 4.90 Å². The van der Waals surface area contributed by atoms with Crippen molar-refractivity contribution in [2.24, 2.45) is 4.99 Å². The lowest BCUT2D eigenvalue weighted by atomic mass is 10.0. The standard InChI is InChI=1S/C19H20N4O4S3/c1-29(24,25)23(30(2,26)27)15-7-4-13(5-8-15)14-6-9-16-17(12-14)28-19(20)22-11-3-10-21-18(16)22/h4-9,12,20H,3,10-11H2,1-2H3. The molecule has 1 N–H and O–H groups in total. The van der Waals surface area contributed by atoms with Crippen LogP contribution in [0.1, 0.15) is 12.0 Å². The molecule has 2 aliphatic rings. The van der Waals surface area contributed by atoms with Crippen LogP contribution in [0, 0.1) is 5.41 Å². The fourth-order valence-electron chi connectivity index (χ4n) is 3.57. The van der Waals surface area contributed by atoms with E-state index >= 15 is 0 Å². The fraction of sp³-hybridized carbons (Fsp3) is 0.263. The second-order valence-electron chi connectivity index (χ2n) is 7.10. The SMILES string of the molecule is CS(=O)(=O)N(c1ccc(-c2ccc3c(c2)SC(=N)N2CCCN=C32)cc1)S(C)(=O)=O. The van der Waals surface area contributed by atoms with Gasteiger partial charge in [-0.1, -0.05) is 30.0 Å². The smallest absolute Gasteiger partial charge is 0.245 e. The Morgan fingerprint density at radius 2 is 1.63 bits per heavy atom. The van der Waals surface area contributed by atoms with Crippen LogP contribution in [-0.4, -0.2) is 58.3 Å². The number of amidine groups is 2. The third-order valence-corrected chi connectivity index (χ3v) is 8.97. The Hall–Kier alpha value is -2.37. The van der Waals surface area contributed by atoms with E-state index in [1.807, 2.05) is 23.1 Å². The number of anilines is 1. The molecule has 0 bridgehead atoms. The van der Waals surface area contributed by atoms with Gasteiger partial charge in [-0.05, 0) is 41.8 Å². The molecule has 0 radical (unpaired) electrons. The number of sulfonamides is 2. The molecule has 2 aromatic rings. The minimum absolute atomic E-state index is 0.0602. The zero-order chi connectivity index (χ0) is 21.7. The maximum Gasteiger partial charge on any atom is 0.245 e. The van der Waals surface area contributed by atoms with Crippen molar-refractivity contribution in [2.75, 3.05) is 29.3 Å². The summed E-state index contributed by atoms with van der Waals surface area (Å²) >= 11 is 1.38. The molecule has 158 valence electrons. The summed E-state index contributed by atoms with van der Waals surface area (Å²) in [6.07, 6.45) is 2.65. The highest BCUT2D eigenvalue weighted by Gasteiger charge is 2.30. The van der Waals surface area contributed by atoms with Crippen LogP contribution < -0.4 is 3.71 Å². The van der Waals surface area contributed by atoms with Crippen LogP contribution in [0.15, 0.2) is 52.4 Å². The average Bonchev–Trinajstić information content (AvgIpc) is 2.66. The van der Waals surface area contributed by atoms with E-state index in [-0.39, 0.29) is 5.69 Å². The van der Waals surface area contributed by atoms with Crippen molar-refractivity contribution in [3.8, 4) is 11.1 Å². The van der Waals surface area contributed by atoms with E-state index in [1.54, 1.807) is 12.1 Å². The lowest BCUT2D eigenvalue weighted by molar-refractivity contribution is 0.552. The summed E-state index contributed by atoms with van der Waals surface area (Å²) in [6.45, 7) is 1.55. The molecule has 0 saturated heterocycles. The highest BCUT2D eigenvalue weighted by Crippen LogP contribution is 2.36. The van der Waals surface area contributed by atoms with Crippen molar-refractivity contribution in [3.63, 3.8) is 0 Å². The molecule has 8 nitrogen and oxygen atoms in total. The average molecular weight is 465 g/mol. The van der Waals surface area contributed by atoms with Gasteiger partial charge in [0.2, 0.25) is 20.0 Å². The monoisotopic (exact) mass is 464 g/mol. The highest BCUT2D eigenvalue weighted by molar-refractivity contribution is 8.14. The first kappa shape index (κ1) is 20.9. The third kappa shape index (κ3) is 3.84. The molecule has 2 aliphatic heterocycles. The Kier molecular flexibility index (Phi) is 5.15. The van der Waals surface area contributed by atoms with E-state index < -0.39 is 20.0 Å². The van der Waals surface area contributed by atoms with Crippen molar-refractivity contribution in [1.29, 1.82) is 5.41 Å². The molecule has 0 amide bonds. The first-order valence-electron chi connectivity index (χ1n) is 9.09. The molecule has 0 spiro atoms. The van der Waals surface area contributed by atoms with Crippen molar-refractivity contribution in [3.05, 3.63) is 48.0 Å². The van der Waals surface area contributed by atoms with Crippen LogP contribution in [0.3, 0.4) is 0 Å². The summed E-state index contributed by atoms with van der Waals surface area (Å²) in [5, 5.41) is 8.75. The van der Waals surface area contributed by atoms with Crippen LogP contribution >= 0.6 is 11.8 Å². The van der Waals surface area contributed by atoms with Gasteiger partial charge in [-0.25, -0.2) is 16.8 Å². The molecule has 0 aromatic heterocycles. The number of aliphatic imine (C=N–C) groups is 1. The van der Waals surface area contributed by atoms with Gasteiger partial charge in [0.1, 0.15) is 5.84 Å². The topological polar surface area (TPSA) is 111 Å². The van der Waals surface area contributed by atoms with Gasteiger partial charge >= 0.3 is 0 Å². The summed E-state index contributed by atoms with van der Waals surface area (Å²) < 4.78 is 48.2. The number of benzene rings is 2. The molecule has 11 heteroatoms. The lowest BCUT2D eigenvalue weighted by Crippen LogP contribution is -2.42. The Morgan fingerprint density at radius 1 is 1.00 bits per heavy atom. The van der Waals surface area contributed by atoms with Gasteiger partial charge in [-0.2, -0.15) is 3.71 Å². The van der Waals surface area contributed by atoms with Crippen LogP contribution in [0.4, 0.5) is 5.69 Å². The van der Waals surface area contributed by atoms with Crippen molar-refractivity contribution >= 4 is 48.5 Å². The van der Waals surface area contributed by atoms with E-state index in [2.05, 4.69) is 4.99 Å².